The summed E-state index contributed by atoms with van der Waals surface area (Å²) < 4.78 is 6.59. The van der Waals surface area contributed by atoms with Gasteiger partial charge >= 0.3 is 0 Å². The number of nitrogens with two attached hydrogens (primary N) is 2. The number of hydrazine groups is 1. The van der Waals surface area contributed by atoms with Crippen LogP contribution in [0.2, 0.25) is 0 Å². The highest BCUT2D eigenvalue weighted by molar-refractivity contribution is 5.47. The molecule has 0 saturated heterocycles. The molecule has 6 N–H and O–H groups in total. The van der Waals surface area contributed by atoms with Crippen molar-refractivity contribution in [2.45, 2.75) is 90.1 Å². The number of aliphatic hydroxyl groups is 1. The number of unbranched alkanes of at least 4 members (excludes halogenated alkanes) is 2. The molecule has 1 aliphatic heterocycles. The monoisotopic (exact) mass is 429 g/mol. The van der Waals surface area contributed by atoms with Crippen LogP contribution < -0.4 is 21.7 Å². The standard InChI is InChI=1S/C25H39N3O.CH4O/c1-6-7-8-13-24(2,3)18-10-11-19-20-14-17(22(26)16-28-27)9-12-21(20)25(4,5)29-23(19)15-18;1-2/h9-11,15-16,20-21,28H,6-8,12-14,26-27H2,1-5H3;2H,1H3/b22-16-;. The Labute approximate surface area is 188 Å². The third kappa shape index (κ3) is 5.64. The van der Waals surface area contributed by atoms with Gasteiger partial charge in [0.15, 0.2) is 0 Å². The highest BCUT2D eigenvalue weighted by Crippen LogP contribution is 2.52. The Balaban J connectivity index is 0.00000166. The molecule has 31 heavy (non-hydrogen) atoms. The Morgan fingerprint density at radius 3 is 2.65 bits per heavy atom. The third-order valence-electron chi connectivity index (χ3n) is 7.02. The number of fused-ring (bicyclic) bond motifs is 3. The molecule has 2 aliphatic rings. The van der Waals surface area contributed by atoms with Gasteiger partial charge in [-0.15, -0.1) is 0 Å². The van der Waals surface area contributed by atoms with Gasteiger partial charge in [0, 0.05) is 19.2 Å². The van der Waals surface area contributed by atoms with E-state index in [0.717, 1.165) is 31.4 Å². The second-order valence-corrected chi connectivity index (χ2v) is 9.95. The predicted molar refractivity (Wildman–Crippen MR) is 130 cm³/mol. The Hall–Kier alpha value is -1.98. The smallest absolute Gasteiger partial charge is 0.123 e. The second-order valence-electron chi connectivity index (χ2n) is 9.95. The molecule has 5 heteroatoms. The number of allylic oxidation sites excluding steroid dienone is 2. The molecule has 0 saturated carbocycles. The minimum absolute atomic E-state index is 0.159. The first-order valence-electron chi connectivity index (χ1n) is 11.6. The minimum Gasteiger partial charge on any atom is -0.487 e. The van der Waals surface area contributed by atoms with E-state index in [0.29, 0.717) is 11.8 Å². The fourth-order valence-electron chi connectivity index (χ4n) is 5.08. The van der Waals surface area contributed by atoms with Gasteiger partial charge in [-0.1, -0.05) is 58.2 Å². The molecule has 174 valence electrons. The third-order valence-corrected chi connectivity index (χ3v) is 7.02. The van der Waals surface area contributed by atoms with Crippen molar-refractivity contribution in [2.75, 3.05) is 7.11 Å². The summed E-state index contributed by atoms with van der Waals surface area (Å²) >= 11 is 0. The number of nitrogens with one attached hydrogen (secondary N) is 1. The van der Waals surface area contributed by atoms with Crippen molar-refractivity contribution in [3.05, 3.63) is 52.9 Å². The summed E-state index contributed by atoms with van der Waals surface area (Å²) in [5.41, 5.74) is 13.4. The van der Waals surface area contributed by atoms with Crippen LogP contribution in [0.5, 0.6) is 5.75 Å². The molecule has 2 atom stereocenters. The van der Waals surface area contributed by atoms with E-state index in [1.54, 1.807) is 6.20 Å². The van der Waals surface area contributed by atoms with Gasteiger partial charge in [0.1, 0.15) is 11.4 Å². The van der Waals surface area contributed by atoms with E-state index in [2.05, 4.69) is 64.3 Å². The number of ether oxygens (including phenoxy) is 1. The maximum absolute atomic E-state index is 7.00. The molecule has 1 heterocycles. The van der Waals surface area contributed by atoms with Crippen LogP contribution in [-0.4, -0.2) is 17.8 Å². The molecule has 0 amide bonds. The summed E-state index contributed by atoms with van der Waals surface area (Å²) in [5.74, 6) is 7.35. The molecular formula is C26H43N3O2. The van der Waals surface area contributed by atoms with E-state index in [4.69, 9.17) is 21.4 Å². The molecule has 0 spiro atoms. The molecule has 1 aromatic rings. The lowest BCUT2D eigenvalue weighted by Gasteiger charge is -2.47. The first kappa shape index (κ1) is 25.3. The van der Waals surface area contributed by atoms with Crippen molar-refractivity contribution in [1.82, 2.24) is 5.43 Å². The second kappa shape index (κ2) is 10.6. The molecule has 0 radical (unpaired) electrons. The first-order valence-corrected chi connectivity index (χ1v) is 11.6. The maximum Gasteiger partial charge on any atom is 0.123 e. The summed E-state index contributed by atoms with van der Waals surface area (Å²) in [7, 11) is 1.00. The number of aliphatic hydroxyl groups excluding tert-OH is 1. The van der Waals surface area contributed by atoms with Crippen LogP contribution in [0.25, 0.3) is 0 Å². The normalized spacial score (nSPS) is 22.2. The fourth-order valence-corrected chi connectivity index (χ4v) is 5.08. The molecule has 3 rings (SSSR count). The summed E-state index contributed by atoms with van der Waals surface area (Å²) in [6.45, 7) is 11.4. The van der Waals surface area contributed by atoms with Crippen molar-refractivity contribution in [1.29, 1.82) is 0 Å². The Kier molecular flexibility index (Phi) is 8.61. The minimum atomic E-state index is -0.199. The lowest BCUT2D eigenvalue weighted by Crippen LogP contribution is -2.45. The number of benzene rings is 1. The van der Waals surface area contributed by atoms with Crippen molar-refractivity contribution >= 4 is 0 Å². The predicted octanol–water partition coefficient (Wildman–Crippen LogP) is 5.01. The van der Waals surface area contributed by atoms with Crippen LogP contribution in [0.1, 0.15) is 90.2 Å². The molecule has 0 bridgehead atoms. The Bertz CT molecular complexity index is 796. The van der Waals surface area contributed by atoms with Crippen LogP contribution >= 0.6 is 0 Å². The van der Waals surface area contributed by atoms with Crippen molar-refractivity contribution in [3.8, 4) is 5.75 Å². The van der Waals surface area contributed by atoms with Gasteiger partial charge in [-0.3, -0.25) is 5.84 Å². The van der Waals surface area contributed by atoms with Gasteiger partial charge in [-0.2, -0.15) is 0 Å². The summed E-state index contributed by atoms with van der Waals surface area (Å²) in [5, 5.41) is 7.00. The van der Waals surface area contributed by atoms with Crippen molar-refractivity contribution in [2.24, 2.45) is 17.5 Å². The van der Waals surface area contributed by atoms with E-state index in [1.807, 2.05) is 0 Å². The molecule has 2 unspecified atom stereocenters. The largest absolute Gasteiger partial charge is 0.487 e. The molecule has 0 aromatic heterocycles. The highest BCUT2D eigenvalue weighted by Gasteiger charge is 2.45. The van der Waals surface area contributed by atoms with Crippen molar-refractivity contribution in [3.63, 3.8) is 0 Å². The lowest BCUT2D eigenvalue weighted by molar-refractivity contribution is 0.00850. The van der Waals surface area contributed by atoms with Crippen LogP contribution in [-0.2, 0) is 5.41 Å². The summed E-state index contributed by atoms with van der Waals surface area (Å²) in [6, 6.07) is 6.93. The maximum atomic E-state index is 7.00. The average Bonchev–Trinajstić information content (AvgIpc) is 2.74. The van der Waals surface area contributed by atoms with E-state index >= 15 is 0 Å². The number of hydrogen-bond acceptors (Lipinski definition) is 5. The average molecular weight is 430 g/mol. The van der Waals surface area contributed by atoms with E-state index < -0.39 is 0 Å². The van der Waals surface area contributed by atoms with Crippen LogP contribution in [0, 0.1) is 5.92 Å². The quantitative estimate of drug-likeness (QED) is 0.278. The van der Waals surface area contributed by atoms with Crippen LogP contribution in [0.3, 0.4) is 0 Å². The molecule has 1 aromatic carbocycles. The SMILES string of the molecule is CCCCCC(C)(C)c1ccc2c(c1)OC(C)(C)C1CC=C(/C(N)=C/NN)CC21.CO. The van der Waals surface area contributed by atoms with Gasteiger partial charge in [0.05, 0.1) is 5.70 Å². The zero-order valence-electron chi connectivity index (χ0n) is 20.3. The fraction of sp³-hybridized carbons (Fsp3) is 0.615. The number of rotatable bonds is 7. The van der Waals surface area contributed by atoms with E-state index in [1.165, 1.54) is 42.4 Å². The topological polar surface area (TPSA) is 93.5 Å². The zero-order valence-corrected chi connectivity index (χ0v) is 20.3. The van der Waals surface area contributed by atoms with E-state index in [-0.39, 0.29) is 11.0 Å². The molecule has 1 aliphatic carbocycles. The number of hydrogen-bond donors (Lipinski definition) is 4. The molecule has 0 fully saturated rings. The Morgan fingerprint density at radius 1 is 1.29 bits per heavy atom. The molecular weight excluding hydrogens is 386 g/mol. The van der Waals surface area contributed by atoms with Crippen LogP contribution in [0.15, 0.2) is 41.7 Å². The summed E-state index contributed by atoms with van der Waals surface area (Å²) in [4.78, 5) is 0. The summed E-state index contributed by atoms with van der Waals surface area (Å²) in [6.07, 6.45) is 10.9. The Morgan fingerprint density at radius 2 is 2.00 bits per heavy atom. The highest BCUT2D eigenvalue weighted by atomic mass is 16.5. The van der Waals surface area contributed by atoms with Gasteiger partial charge in [0.2, 0.25) is 0 Å². The van der Waals surface area contributed by atoms with Gasteiger partial charge < -0.3 is 21.0 Å². The zero-order chi connectivity index (χ0) is 23.2. The first-order chi connectivity index (χ1) is 14.7. The van der Waals surface area contributed by atoms with Crippen molar-refractivity contribution < 1.29 is 9.84 Å². The van der Waals surface area contributed by atoms with E-state index in [9.17, 15) is 0 Å². The van der Waals surface area contributed by atoms with Gasteiger partial charge in [-0.05, 0) is 67.2 Å². The van der Waals surface area contributed by atoms with Gasteiger partial charge in [0.25, 0.3) is 0 Å². The van der Waals surface area contributed by atoms with Gasteiger partial charge in [-0.25, -0.2) is 0 Å². The van der Waals surface area contributed by atoms with Crippen LogP contribution in [0.4, 0.5) is 0 Å². The molecule has 5 nitrogen and oxygen atoms in total. The lowest BCUT2D eigenvalue weighted by atomic mass is 9.66.